The fourth-order valence-corrected chi connectivity index (χ4v) is 2.76. The smallest absolute Gasteiger partial charge is 0 e. The second-order valence-electron chi connectivity index (χ2n) is 4.87. The third-order valence-electron chi connectivity index (χ3n) is 3.83. The topological polar surface area (TPSA) is 0 Å². The van der Waals surface area contributed by atoms with E-state index in [1.54, 1.807) is 0 Å². The summed E-state index contributed by atoms with van der Waals surface area (Å²) in [5.41, 5.74) is 8.81. The largest absolute Gasteiger partial charge is 0.358 e. The van der Waals surface area contributed by atoms with E-state index in [2.05, 4.69) is 50.2 Å². The first-order valence-corrected chi connectivity index (χ1v) is 7.55. The Hall–Kier alpha value is -0.937. The molecule has 1 heteroatoms. The first kappa shape index (κ1) is 20.1. The predicted octanol–water partition coefficient (Wildman–Crippen LogP) is 5.86. The molecule has 0 atom stereocenters. The van der Waals surface area contributed by atoms with Crippen molar-refractivity contribution in [2.75, 3.05) is 0 Å². The average Bonchev–Trinajstić information content (AvgIpc) is 2.85. The summed E-state index contributed by atoms with van der Waals surface area (Å²) in [4.78, 5) is 0. The van der Waals surface area contributed by atoms with Crippen LogP contribution in [0.15, 0.2) is 36.4 Å². The van der Waals surface area contributed by atoms with Gasteiger partial charge in [0.1, 0.15) is 0 Å². The molecule has 0 fully saturated rings. The molecule has 0 spiro atoms. The SMILES string of the molecule is CC.CCc1ccc2c(c1)Cc1cc(CC)ccc1-2.[CH3-].[Rh]. The van der Waals surface area contributed by atoms with E-state index in [4.69, 9.17) is 0 Å². The van der Waals surface area contributed by atoms with Crippen LogP contribution >= 0.6 is 0 Å². The molecular weight excluding hydrogens is 343 g/mol. The quantitative estimate of drug-likeness (QED) is 0.392. The minimum Gasteiger partial charge on any atom is -0.358 e. The molecule has 0 unspecified atom stereocenters. The van der Waals surface area contributed by atoms with Crippen LogP contribution in [0.2, 0.25) is 0 Å². The van der Waals surface area contributed by atoms with Crippen molar-refractivity contribution >= 4 is 0 Å². The van der Waals surface area contributed by atoms with E-state index in [0.717, 1.165) is 19.3 Å². The summed E-state index contributed by atoms with van der Waals surface area (Å²) in [5, 5.41) is 0. The second kappa shape index (κ2) is 9.16. The molecule has 1 aliphatic rings. The van der Waals surface area contributed by atoms with Crippen LogP contribution in [0.25, 0.3) is 11.1 Å². The molecule has 0 saturated carbocycles. The maximum atomic E-state index is 2.38. The normalized spacial score (nSPS) is 10.3. The van der Waals surface area contributed by atoms with Gasteiger partial charge >= 0.3 is 0 Å². The minimum absolute atomic E-state index is 0. The van der Waals surface area contributed by atoms with E-state index in [-0.39, 0.29) is 26.9 Å². The van der Waals surface area contributed by atoms with Gasteiger partial charge in [0.15, 0.2) is 0 Å². The van der Waals surface area contributed by atoms with Crippen molar-refractivity contribution in [1.29, 1.82) is 0 Å². The monoisotopic (exact) mass is 370 g/mol. The van der Waals surface area contributed by atoms with Gasteiger partial charge in [-0.05, 0) is 52.6 Å². The molecule has 3 rings (SSSR count). The van der Waals surface area contributed by atoms with Crippen LogP contribution in [-0.2, 0) is 38.7 Å². The second-order valence-corrected chi connectivity index (χ2v) is 4.87. The minimum atomic E-state index is 0. The molecule has 0 nitrogen and oxygen atoms in total. The Morgan fingerprint density at radius 1 is 0.762 bits per heavy atom. The molecule has 2 aromatic carbocycles. The zero-order valence-corrected chi connectivity index (χ0v) is 15.6. The van der Waals surface area contributed by atoms with Crippen molar-refractivity contribution in [2.24, 2.45) is 0 Å². The molecule has 0 saturated heterocycles. The van der Waals surface area contributed by atoms with Gasteiger partial charge in [0.25, 0.3) is 0 Å². The van der Waals surface area contributed by atoms with Crippen molar-refractivity contribution in [1.82, 2.24) is 0 Å². The van der Waals surface area contributed by atoms with Gasteiger partial charge in [0.05, 0.1) is 0 Å². The summed E-state index contributed by atoms with van der Waals surface area (Å²) in [6, 6.07) is 13.9. The van der Waals surface area contributed by atoms with E-state index in [9.17, 15) is 0 Å². The molecule has 0 N–H and O–H groups in total. The van der Waals surface area contributed by atoms with E-state index < -0.39 is 0 Å². The Bertz CT molecular complexity index is 519. The molecule has 21 heavy (non-hydrogen) atoms. The van der Waals surface area contributed by atoms with Crippen molar-refractivity contribution in [3.05, 3.63) is 66.1 Å². The molecule has 0 aliphatic heterocycles. The van der Waals surface area contributed by atoms with Crippen molar-refractivity contribution in [3.63, 3.8) is 0 Å². The number of fused-ring (bicyclic) bond motifs is 3. The molecule has 0 bridgehead atoms. The Balaban J connectivity index is 0.000000961. The van der Waals surface area contributed by atoms with Crippen molar-refractivity contribution in [2.45, 2.75) is 47.0 Å². The molecule has 117 valence electrons. The van der Waals surface area contributed by atoms with Crippen LogP contribution in [0, 0.1) is 7.43 Å². The van der Waals surface area contributed by atoms with Crippen LogP contribution in [-0.4, -0.2) is 0 Å². The van der Waals surface area contributed by atoms with E-state index >= 15 is 0 Å². The summed E-state index contributed by atoms with van der Waals surface area (Å²) in [6.45, 7) is 8.44. The van der Waals surface area contributed by atoms with Crippen molar-refractivity contribution < 1.29 is 19.5 Å². The van der Waals surface area contributed by atoms with Gasteiger partial charge in [-0.25, -0.2) is 0 Å². The first-order chi connectivity index (χ1) is 9.31. The third-order valence-corrected chi connectivity index (χ3v) is 3.83. The number of rotatable bonds is 2. The third kappa shape index (κ3) is 4.04. The summed E-state index contributed by atoms with van der Waals surface area (Å²) < 4.78 is 0. The fourth-order valence-electron chi connectivity index (χ4n) is 2.76. The standard InChI is InChI=1S/C17H18.C2H6.CH3.Rh/c1-3-12-5-7-16-14(9-12)11-15-10-13(4-2)6-8-17(15)16;1-2;;/h5-10H,3-4,11H2,1-2H3;1-2H3;1H3;/q;;-1;. The van der Waals surface area contributed by atoms with Crippen molar-refractivity contribution in [3.8, 4) is 11.1 Å². The molecule has 0 aromatic heterocycles. The Kier molecular flexibility index (Phi) is 8.75. The fraction of sp³-hybridized carbons (Fsp3) is 0.350. The summed E-state index contributed by atoms with van der Waals surface area (Å²) in [7, 11) is 0. The van der Waals surface area contributed by atoms with E-state index in [0.29, 0.717) is 0 Å². The average molecular weight is 370 g/mol. The van der Waals surface area contributed by atoms with E-state index in [1.807, 2.05) is 13.8 Å². The van der Waals surface area contributed by atoms with Gasteiger partial charge in [-0.3, -0.25) is 0 Å². The molecule has 1 aliphatic carbocycles. The number of hydrogen-bond donors (Lipinski definition) is 0. The van der Waals surface area contributed by atoms with Gasteiger partial charge < -0.3 is 7.43 Å². The maximum absolute atomic E-state index is 2.38. The Morgan fingerprint density at radius 2 is 1.14 bits per heavy atom. The van der Waals surface area contributed by atoms with E-state index in [1.165, 1.54) is 33.4 Å². The zero-order valence-electron chi connectivity index (χ0n) is 13.9. The molecule has 1 radical (unpaired) electrons. The molecule has 0 heterocycles. The van der Waals surface area contributed by atoms with Crippen LogP contribution in [0.1, 0.15) is 49.9 Å². The van der Waals surface area contributed by atoms with Crippen LogP contribution in [0.3, 0.4) is 0 Å². The zero-order chi connectivity index (χ0) is 13.8. The molecular formula is C20H27Rh-. The van der Waals surface area contributed by atoms with Gasteiger partial charge in [-0.1, -0.05) is 64.1 Å². The summed E-state index contributed by atoms with van der Waals surface area (Å²) in [5.74, 6) is 0. The predicted molar refractivity (Wildman–Crippen MR) is 91.2 cm³/mol. The van der Waals surface area contributed by atoms with Gasteiger partial charge in [-0.2, -0.15) is 0 Å². The molecule has 2 aromatic rings. The Morgan fingerprint density at radius 3 is 1.48 bits per heavy atom. The van der Waals surface area contributed by atoms with Gasteiger partial charge in [-0.15, -0.1) is 0 Å². The summed E-state index contributed by atoms with van der Waals surface area (Å²) in [6.07, 6.45) is 3.38. The van der Waals surface area contributed by atoms with Crippen LogP contribution < -0.4 is 0 Å². The van der Waals surface area contributed by atoms with Crippen LogP contribution in [0.5, 0.6) is 0 Å². The van der Waals surface area contributed by atoms with Gasteiger partial charge in [0.2, 0.25) is 0 Å². The maximum Gasteiger partial charge on any atom is 0 e. The van der Waals surface area contributed by atoms with Crippen LogP contribution in [0.4, 0.5) is 0 Å². The molecule has 0 amide bonds. The number of benzene rings is 2. The number of aryl methyl sites for hydroxylation is 2. The Labute approximate surface area is 143 Å². The summed E-state index contributed by atoms with van der Waals surface area (Å²) >= 11 is 0. The number of hydrogen-bond acceptors (Lipinski definition) is 0. The van der Waals surface area contributed by atoms with Gasteiger partial charge in [0, 0.05) is 19.5 Å². The first-order valence-electron chi connectivity index (χ1n) is 7.55.